The molecule has 0 N–H and O–H groups in total. The molecule has 0 amide bonds. The number of rotatable bonds is 5. The van der Waals surface area contributed by atoms with E-state index in [4.69, 9.17) is 37.4 Å². The minimum absolute atomic E-state index is 0.250. The van der Waals surface area contributed by atoms with Gasteiger partial charge in [0, 0.05) is 6.07 Å². The van der Waals surface area contributed by atoms with E-state index in [1.54, 1.807) is 6.07 Å². The van der Waals surface area contributed by atoms with Gasteiger partial charge in [-0.15, -0.1) is 0 Å². The highest BCUT2D eigenvalue weighted by molar-refractivity contribution is 6.55. The summed E-state index contributed by atoms with van der Waals surface area (Å²) >= 11 is 11.1. The van der Waals surface area contributed by atoms with Crippen LogP contribution in [0.3, 0.4) is 0 Å². The van der Waals surface area contributed by atoms with Gasteiger partial charge in [-0.25, -0.2) is 0 Å². The largest absolute Gasteiger partial charge is 0.496 e. The van der Waals surface area contributed by atoms with Crippen LogP contribution in [-0.2, 0) is 0 Å². The third kappa shape index (κ3) is 2.96. The Morgan fingerprint density at radius 2 is 1.47 bits per heavy atom. The van der Waals surface area contributed by atoms with Gasteiger partial charge in [0.1, 0.15) is 5.75 Å². The predicted molar refractivity (Wildman–Crippen MR) is 65.9 cm³/mol. The maximum atomic E-state index is 11.8. The second-order valence-corrected chi connectivity index (χ2v) is 4.17. The first-order valence-corrected chi connectivity index (χ1v) is 5.54. The summed E-state index contributed by atoms with van der Waals surface area (Å²) in [6.45, 7) is 0. The molecule has 1 aromatic rings. The smallest absolute Gasteiger partial charge is 0.199 e. The maximum absolute atomic E-state index is 11.8. The molecule has 0 heterocycles. The van der Waals surface area contributed by atoms with Gasteiger partial charge in [0.05, 0.1) is 26.9 Å². The number of hydrogen-bond donors (Lipinski definition) is 0. The Bertz CT molecular complexity index is 418. The molecule has 0 aliphatic rings. The lowest BCUT2D eigenvalue weighted by Gasteiger charge is -2.13. The Balaban J connectivity index is 3.33. The van der Waals surface area contributed by atoms with Gasteiger partial charge in [0.25, 0.3) is 0 Å². The molecule has 0 saturated carbocycles. The molecule has 1 aromatic carbocycles. The van der Waals surface area contributed by atoms with E-state index in [1.807, 2.05) is 0 Å². The van der Waals surface area contributed by atoms with Crippen molar-refractivity contribution in [2.45, 2.75) is 4.84 Å². The maximum Gasteiger partial charge on any atom is 0.199 e. The summed E-state index contributed by atoms with van der Waals surface area (Å²) in [6.07, 6.45) is 0. The minimum atomic E-state index is -1.15. The highest BCUT2D eigenvalue weighted by atomic mass is 35.5. The van der Waals surface area contributed by atoms with Crippen molar-refractivity contribution in [3.05, 3.63) is 17.7 Å². The standard InChI is InChI=1S/C11H12Cl2O4/c1-15-7-5-9(17-3)8(16-2)4-6(7)10(14)11(12)13/h4-5,11H,1-3H3. The third-order valence-electron chi connectivity index (χ3n) is 2.17. The summed E-state index contributed by atoms with van der Waals surface area (Å²) in [5.74, 6) is 0.748. The molecule has 0 radical (unpaired) electrons. The molecule has 6 heteroatoms. The summed E-state index contributed by atoms with van der Waals surface area (Å²) in [7, 11) is 4.40. The molecule has 94 valence electrons. The van der Waals surface area contributed by atoms with Crippen LogP contribution in [0.15, 0.2) is 12.1 Å². The molecule has 0 aliphatic heterocycles. The zero-order chi connectivity index (χ0) is 13.0. The first-order valence-electron chi connectivity index (χ1n) is 4.67. The second-order valence-electron chi connectivity index (χ2n) is 3.07. The highest BCUT2D eigenvalue weighted by Gasteiger charge is 2.21. The van der Waals surface area contributed by atoms with Gasteiger partial charge in [-0.3, -0.25) is 4.79 Å². The monoisotopic (exact) mass is 278 g/mol. The van der Waals surface area contributed by atoms with Crippen molar-refractivity contribution in [1.82, 2.24) is 0 Å². The van der Waals surface area contributed by atoms with Crippen LogP contribution < -0.4 is 14.2 Å². The van der Waals surface area contributed by atoms with E-state index in [-0.39, 0.29) is 5.56 Å². The second kappa shape index (κ2) is 5.98. The van der Waals surface area contributed by atoms with Gasteiger partial charge in [-0.1, -0.05) is 23.2 Å². The van der Waals surface area contributed by atoms with Gasteiger partial charge in [0.2, 0.25) is 0 Å². The lowest BCUT2D eigenvalue weighted by atomic mass is 10.1. The average molecular weight is 279 g/mol. The number of hydrogen-bond acceptors (Lipinski definition) is 4. The SMILES string of the molecule is COc1cc(OC)c(C(=O)C(Cl)Cl)cc1OC. The van der Waals surface area contributed by atoms with Crippen LogP contribution in [0.1, 0.15) is 10.4 Å². The number of halogens is 2. The van der Waals surface area contributed by atoms with Gasteiger partial charge in [-0.05, 0) is 6.07 Å². The highest BCUT2D eigenvalue weighted by Crippen LogP contribution is 2.35. The molecule has 0 bridgehead atoms. The van der Waals surface area contributed by atoms with Gasteiger partial charge in [0.15, 0.2) is 22.1 Å². The van der Waals surface area contributed by atoms with Crippen molar-refractivity contribution in [2.75, 3.05) is 21.3 Å². The number of Topliss-reactive ketones (excluding diaryl/α,β-unsaturated/α-hetero) is 1. The average Bonchev–Trinajstić information content (AvgIpc) is 2.35. The van der Waals surface area contributed by atoms with Crippen molar-refractivity contribution < 1.29 is 19.0 Å². The van der Waals surface area contributed by atoms with Gasteiger partial charge in [-0.2, -0.15) is 0 Å². The van der Waals surface area contributed by atoms with E-state index >= 15 is 0 Å². The molecule has 0 aromatic heterocycles. The van der Waals surface area contributed by atoms with Crippen LogP contribution in [0.25, 0.3) is 0 Å². The normalized spacial score (nSPS) is 10.2. The summed E-state index contributed by atoms with van der Waals surface area (Å²) in [4.78, 5) is 10.6. The fourth-order valence-corrected chi connectivity index (χ4v) is 1.57. The van der Waals surface area contributed by atoms with Crippen molar-refractivity contribution in [2.24, 2.45) is 0 Å². The first-order chi connectivity index (χ1) is 8.04. The Kier molecular flexibility index (Phi) is 4.90. The van der Waals surface area contributed by atoms with Crippen LogP contribution >= 0.6 is 23.2 Å². The first kappa shape index (κ1) is 13.9. The number of benzene rings is 1. The molecule has 0 spiro atoms. The zero-order valence-electron chi connectivity index (χ0n) is 9.62. The van der Waals surface area contributed by atoms with Gasteiger partial charge < -0.3 is 14.2 Å². The third-order valence-corrected chi connectivity index (χ3v) is 2.57. The Morgan fingerprint density at radius 3 is 1.88 bits per heavy atom. The Hall–Kier alpha value is -1.13. The van der Waals surface area contributed by atoms with Gasteiger partial charge >= 0.3 is 0 Å². The van der Waals surface area contributed by atoms with Crippen molar-refractivity contribution >= 4 is 29.0 Å². The lowest BCUT2D eigenvalue weighted by molar-refractivity contribution is 0.100. The van der Waals surface area contributed by atoms with E-state index < -0.39 is 10.6 Å². The predicted octanol–water partition coefficient (Wildman–Crippen LogP) is 2.70. The van der Waals surface area contributed by atoms with Crippen LogP contribution in [0.5, 0.6) is 17.2 Å². The number of carbonyl (C=O) groups excluding carboxylic acids is 1. The fourth-order valence-electron chi connectivity index (χ4n) is 1.34. The number of ketones is 1. The number of ether oxygens (including phenoxy) is 3. The van der Waals surface area contributed by atoms with E-state index in [0.29, 0.717) is 17.2 Å². The molecule has 4 nitrogen and oxygen atoms in total. The van der Waals surface area contributed by atoms with E-state index in [2.05, 4.69) is 0 Å². The molecular formula is C11H12Cl2O4. The van der Waals surface area contributed by atoms with Crippen molar-refractivity contribution in [3.63, 3.8) is 0 Å². The van der Waals surface area contributed by atoms with E-state index in [9.17, 15) is 4.79 Å². The summed E-state index contributed by atoms with van der Waals surface area (Å²) in [5, 5.41) is 0. The lowest BCUT2D eigenvalue weighted by Crippen LogP contribution is -2.10. The van der Waals surface area contributed by atoms with Crippen LogP contribution in [0.4, 0.5) is 0 Å². The Morgan fingerprint density at radius 1 is 1.00 bits per heavy atom. The number of carbonyl (C=O) groups is 1. The molecule has 0 saturated heterocycles. The molecule has 1 rings (SSSR count). The van der Waals surface area contributed by atoms with E-state index in [0.717, 1.165) is 0 Å². The van der Waals surface area contributed by atoms with Crippen molar-refractivity contribution in [1.29, 1.82) is 0 Å². The molecule has 17 heavy (non-hydrogen) atoms. The number of methoxy groups -OCH3 is 3. The quantitative estimate of drug-likeness (QED) is 0.614. The van der Waals surface area contributed by atoms with E-state index in [1.165, 1.54) is 27.4 Å². The number of alkyl halides is 2. The molecule has 0 atom stereocenters. The molecule has 0 unspecified atom stereocenters. The molecule has 0 fully saturated rings. The summed E-state index contributed by atoms with van der Waals surface area (Å²) in [6, 6.07) is 3.03. The summed E-state index contributed by atoms with van der Waals surface area (Å²) in [5.41, 5.74) is 0.250. The molecule has 0 aliphatic carbocycles. The van der Waals surface area contributed by atoms with Crippen molar-refractivity contribution in [3.8, 4) is 17.2 Å². The summed E-state index contributed by atoms with van der Waals surface area (Å²) < 4.78 is 15.3. The Labute approximate surface area is 109 Å². The topological polar surface area (TPSA) is 44.8 Å². The van der Waals surface area contributed by atoms with Crippen LogP contribution in [0.2, 0.25) is 0 Å². The fraction of sp³-hybridized carbons (Fsp3) is 0.364. The van der Waals surface area contributed by atoms with Crippen LogP contribution in [0, 0.1) is 0 Å². The molecular weight excluding hydrogens is 267 g/mol. The zero-order valence-corrected chi connectivity index (χ0v) is 11.1. The minimum Gasteiger partial charge on any atom is -0.496 e. The van der Waals surface area contributed by atoms with Crippen LogP contribution in [-0.4, -0.2) is 31.9 Å².